The first-order chi connectivity index (χ1) is 14.2. The van der Waals surface area contributed by atoms with E-state index in [0.717, 1.165) is 51.4 Å². The van der Waals surface area contributed by atoms with Gasteiger partial charge in [0.2, 0.25) is 0 Å². The fourth-order valence-electron chi connectivity index (χ4n) is 8.11. The van der Waals surface area contributed by atoms with Crippen molar-refractivity contribution >= 4 is 11.8 Å². The summed E-state index contributed by atoms with van der Waals surface area (Å²) in [6, 6.07) is 0. The number of esters is 1. The Morgan fingerprint density at radius 3 is 2.70 bits per heavy atom. The summed E-state index contributed by atoms with van der Waals surface area (Å²) in [6.07, 6.45) is 10.1. The fourth-order valence-corrected chi connectivity index (χ4v) is 8.11. The normalized spacial score (nSPS) is 41.7. The Balaban J connectivity index is 1.60. The van der Waals surface area contributed by atoms with E-state index in [1.165, 1.54) is 24.5 Å². The monoisotopic (exact) mass is 416 g/mol. The van der Waals surface area contributed by atoms with Crippen LogP contribution >= 0.6 is 0 Å². The molecule has 3 fully saturated rings. The number of carbonyl (C=O) groups excluding carboxylic acids is 2. The molecule has 0 aromatic heterocycles. The van der Waals surface area contributed by atoms with Crippen LogP contribution in [0, 0.1) is 34.5 Å². The molecule has 7 atom stereocenters. The van der Waals surface area contributed by atoms with E-state index in [1.54, 1.807) is 0 Å². The van der Waals surface area contributed by atoms with E-state index in [1.807, 2.05) is 0 Å². The van der Waals surface area contributed by atoms with Gasteiger partial charge in [0.15, 0.2) is 5.78 Å². The molecule has 0 saturated heterocycles. The zero-order valence-corrected chi connectivity index (χ0v) is 19.3. The molecule has 0 bridgehead atoms. The predicted molar refractivity (Wildman–Crippen MR) is 117 cm³/mol. The Morgan fingerprint density at radius 1 is 1.23 bits per heavy atom. The van der Waals surface area contributed by atoms with Gasteiger partial charge in [-0.15, -0.1) is 0 Å². The average Bonchev–Trinajstić information content (AvgIpc) is 2.97. The second-order valence-electron chi connectivity index (χ2n) is 11.2. The average molecular weight is 417 g/mol. The van der Waals surface area contributed by atoms with Crippen LogP contribution in [0.2, 0.25) is 0 Å². The lowest BCUT2D eigenvalue weighted by molar-refractivity contribution is -0.152. The van der Waals surface area contributed by atoms with Crippen molar-refractivity contribution in [1.82, 2.24) is 0 Å². The lowest BCUT2D eigenvalue weighted by atomic mass is 9.48. The first kappa shape index (κ1) is 22.0. The van der Waals surface area contributed by atoms with Crippen molar-refractivity contribution in [2.24, 2.45) is 34.5 Å². The minimum atomic E-state index is -0.159. The quantitative estimate of drug-likeness (QED) is 0.624. The van der Waals surface area contributed by atoms with E-state index >= 15 is 0 Å². The topological polar surface area (TPSA) is 63.6 Å². The summed E-state index contributed by atoms with van der Waals surface area (Å²) < 4.78 is 5.57. The van der Waals surface area contributed by atoms with E-state index in [9.17, 15) is 14.7 Å². The number of hydrogen-bond acceptors (Lipinski definition) is 4. The third-order valence-corrected chi connectivity index (χ3v) is 9.65. The van der Waals surface area contributed by atoms with Crippen LogP contribution in [0.1, 0.15) is 91.9 Å². The number of Topliss-reactive ketones (excluding diaryl/α,β-unsaturated/α-hetero) is 1. The van der Waals surface area contributed by atoms with Crippen molar-refractivity contribution in [3.63, 3.8) is 0 Å². The fraction of sp³-hybridized carbons (Fsp3) is 0.846. The Morgan fingerprint density at radius 2 is 2.00 bits per heavy atom. The predicted octanol–water partition coefficient (Wildman–Crippen LogP) is 5.23. The molecular formula is C26H40O4. The van der Waals surface area contributed by atoms with Crippen LogP contribution in [0.4, 0.5) is 0 Å². The van der Waals surface area contributed by atoms with Crippen molar-refractivity contribution in [1.29, 1.82) is 0 Å². The summed E-state index contributed by atoms with van der Waals surface area (Å²) in [6.45, 7) is 8.86. The number of rotatable bonds is 5. The van der Waals surface area contributed by atoms with Gasteiger partial charge in [0.05, 0.1) is 0 Å². The van der Waals surface area contributed by atoms with Crippen LogP contribution in [0.15, 0.2) is 11.1 Å². The molecule has 0 spiro atoms. The minimum absolute atomic E-state index is 0.0237. The van der Waals surface area contributed by atoms with Gasteiger partial charge < -0.3 is 9.84 Å². The maximum Gasteiger partial charge on any atom is 0.302 e. The van der Waals surface area contributed by atoms with Crippen LogP contribution < -0.4 is 0 Å². The molecule has 1 N–H and O–H groups in total. The second kappa shape index (κ2) is 8.07. The molecule has 0 radical (unpaired) electrons. The first-order valence-electron chi connectivity index (χ1n) is 12.3. The van der Waals surface area contributed by atoms with Crippen LogP contribution in [-0.2, 0) is 14.3 Å². The van der Waals surface area contributed by atoms with E-state index < -0.39 is 0 Å². The van der Waals surface area contributed by atoms with Gasteiger partial charge in [0.25, 0.3) is 0 Å². The van der Waals surface area contributed by atoms with Gasteiger partial charge in [0, 0.05) is 25.5 Å². The molecule has 3 saturated carbocycles. The molecule has 168 valence electrons. The Bertz CT molecular complexity index is 739. The Labute approximate surface area is 181 Å². The highest BCUT2D eigenvalue weighted by atomic mass is 16.5. The summed E-state index contributed by atoms with van der Waals surface area (Å²) >= 11 is 0. The second-order valence-corrected chi connectivity index (χ2v) is 11.2. The SMILES string of the molecule is CC(=O)OC1CC[C@@]2(C)[C@@H](CCC3=C4C(=O)C[C@H]([C@H](C)CCCO)[C@@]4(C)CC[C@@H]32)C1. The highest BCUT2D eigenvalue weighted by Gasteiger charge is 2.58. The maximum absolute atomic E-state index is 13.3. The summed E-state index contributed by atoms with van der Waals surface area (Å²) in [5, 5.41) is 9.26. The zero-order chi connectivity index (χ0) is 21.7. The van der Waals surface area contributed by atoms with Crippen molar-refractivity contribution < 1.29 is 19.4 Å². The highest BCUT2D eigenvalue weighted by molar-refractivity contribution is 6.00. The lowest BCUT2D eigenvalue weighted by Gasteiger charge is -2.56. The number of hydrogen-bond donors (Lipinski definition) is 1. The Kier molecular flexibility index (Phi) is 5.93. The van der Waals surface area contributed by atoms with Gasteiger partial charge in [-0.1, -0.05) is 26.3 Å². The lowest BCUT2D eigenvalue weighted by Crippen LogP contribution is -2.49. The molecule has 1 unspecified atom stereocenters. The third kappa shape index (κ3) is 3.47. The van der Waals surface area contributed by atoms with Gasteiger partial charge >= 0.3 is 5.97 Å². The third-order valence-electron chi connectivity index (χ3n) is 9.65. The van der Waals surface area contributed by atoms with Crippen molar-refractivity contribution in [2.75, 3.05) is 6.61 Å². The van der Waals surface area contributed by atoms with Crippen molar-refractivity contribution in [3.8, 4) is 0 Å². The molecule has 0 amide bonds. The molecule has 0 aromatic carbocycles. The summed E-state index contributed by atoms with van der Waals surface area (Å²) in [5.74, 6) is 2.26. The van der Waals surface area contributed by atoms with E-state index in [-0.39, 0.29) is 29.5 Å². The summed E-state index contributed by atoms with van der Waals surface area (Å²) in [7, 11) is 0. The molecule has 4 nitrogen and oxygen atoms in total. The van der Waals surface area contributed by atoms with Gasteiger partial charge in [-0.05, 0) is 92.3 Å². The van der Waals surface area contributed by atoms with Gasteiger partial charge in [0.1, 0.15) is 6.10 Å². The number of allylic oxidation sites excluding steroid dienone is 2. The number of fused-ring (bicyclic) bond motifs is 4. The molecule has 30 heavy (non-hydrogen) atoms. The number of ether oxygens (including phenoxy) is 1. The van der Waals surface area contributed by atoms with Crippen molar-refractivity contribution in [3.05, 3.63) is 11.1 Å². The van der Waals surface area contributed by atoms with Gasteiger partial charge in [-0.3, -0.25) is 9.59 Å². The van der Waals surface area contributed by atoms with Gasteiger partial charge in [-0.2, -0.15) is 0 Å². The van der Waals surface area contributed by atoms with E-state index in [0.29, 0.717) is 35.9 Å². The molecule has 4 aliphatic rings. The standard InChI is InChI=1S/C26H40O4/c1-16(6-5-13-27)22-15-23(29)24-20-8-7-18-14-19(30-17(2)28)9-11-25(18,3)21(20)10-12-26(22,24)4/h16,18-19,21-22,27H,5-15H2,1-4H3/t16-,18+,19?,21+,22-,25+,26-/m1/s1. The van der Waals surface area contributed by atoms with Crippen molar-refractivity contribution in [2.45, 2.75) is 98.0 Å². The molecule has 0 aliphatic heterocycles. The van der Waals surface area contributed by atoms with E-state index in [2.05, 4.69) is 20.8 Å². The largest absolute Gasteiger partial charge is 0.463 e. The van der Waals surface area contributed by atoms with Gasteiger partial charge in [-0.25, -0.2) is 0 Å². The van der Waals surface area contributed by atoms with Crippen LogP contribution in [0.3, 0.4) is 0 Å². The molecular weight excluding hydrogens is 376 g/mol. The first-order valence-corrected chi connectivity index (χ1v) is 12.3. The minimum Gasteiger partial charge on any atom is -0.463 e. The summed E-state index contributed by atoms with van der Waals surface area (Å²) in [5.41, 5.74) is 2.96. The molecule has 4 heteroatoms. The number of ketones is 1. The van der Waals surface area contributed by atoms with E-state index in [4.69, 9.17) is 4.74 Å². The molecule has 4 aliphatic carbocycles. The molecule has 0 aromatic rings. The van der Waals surface area contributed by atoms with Crippen LogP contribution in [-0.4, -0.2) is 29.6 Å². The number of aliphatic hydroxyl groups is 1. The van der Waals surface area contributed by atoms with Crippen LogP contribution in [0.25, 0.3) is 0 Å². The number of carbonyl (C=O) groups is 2. The highest BCUT2D eigenvalue weighted by Crippen LogP contribution is 2.65. The van der Waals surface area contributed by atoms with Crippen LogP contribution in [0.5, 0.6) is 0 Å². The Hall–Kier alpha value is -1.16. The zero-order valence-electron chi connectivity index (χ0n) is 19.3. The molecule has 4 rings (SSSR count). The molecule has 0 heterocycles. The number of aliphatic hydroxyl groups excluding tert-OH is 1. The summed E-state index contributed by atoms with van der Waals surface area (Å²) in [4.78, 5) is 24.8. The smallest absolute Gasteiger partial charge is 0.302 e. The maximum atomic E-state index is 13.3.